The van der Waals surface area contributed by atoms with E-state index in [1.54, 1.807) is 23.1 Å². The number of carbonyl (C=O) groups is 1. The second-order valence-corrected chi connectivity index (χ2v) is 10.9. The zero-order valence-corrected chi connectivity index (χ0v) is 20.9. The molecule has 2 aromatic rings. The minimum Gasteiger partial charge on any atom is -0.376 e. The number of rotatable bonds is 5. The lowest BCUT2D eigenvalue weighted by atomic mass is 9.84. The second kappa shape index (κ2) is 9.58. The van der Waals surface area contributed by atoms with Gasteiger partial charge in [0.25, 0.3) is 0 Å². The monoisotopic (exact) mass is 492 g/mol. The molecule has 2 aliphatic rings. The molecule has 1 saturated heterocycles. The molecule has 2 fully saturated rings. The molecule has 1 aromatic carbocycles. The highest BCUT2D eigenvalue weighted by Crippen LogP contribution is 2.35. The number of aliphatic hydroxyl groups excluding tert-OH is 1. The summed E-state index contributed by atoms with van der Waals surface area (Å²) in [4.78, 5) is 21.3. The fourth-order valence-electron chi connectivity index (χ4n) is 5.23. The molecule has 1 unspecified atom stereocenters. The van der Waals surface area contributed by atoms with Gasteiger partial charge in [0.1, 0.15) is 6.54 Å². The van der Waals surface area contributed by atoms with Gasteiger partial charge < -0.3 is 15.3 Å². The number of anilines is 1. The molecule has 1 saturated carbocycles. The SMILES string of the molecule is Cc1cc(C(O)N2CCN(C3CCCC3)C(=O)C2)nc2c(C(C)(C)C)cc(NCC(F)(F)F)cc12. The molecule has 0 radical (unpaired) electrons. The molecule has 1 amide bonds. The molecule has 0 bridgehead atoms. The Labute approximate surface area is 204 Å². The Bertz CT molecular complexity index is 1090. The van der Waals surface area contributed by atoms with E-state index >= 15 is 0 Å². The Hall–Kier alpha value is -2.39. The summed E-state index contributed by atoms with van der Waals surface area (Å²) in [7, 11) is 0. The van der Waals surface area contributed by atoms with Gasteiger partial charge in [-0.1, -0.05) is 33.6 Å². The Morgan fingerprint density at radius 2 is 1.83 bits per heavy atom. The number of fused-ring (bicyclic) bond motifs is 1. The van der Waals surface area contributed by atoms with Crippen LogP contribution in [-0.4, -0.2) is 64.2 Å². The van der Waals surface area contributed by atoms with Crippen molar-refractivity contribution < 1.29 is 23.1 Å². The third kappa shape index (κ3) is 5.72. The van der Waals surface area contributed by atoms with E-state index in [0.29, 0.717) is 36.0 Å². The highest BCUT2D eigenvalue weighted by atomic mass is 19.4. The van der Waals surface area contributed by atoms with Crippen molar-refractivity contribution in [2.24, 2.45) is 0 Å². The molecule has 1 aliphatic heterocycles. The summed E-state index contributed by atoms with van der Waals surface area (Å²) < 4.78 is 38.4. The van der Waals surface area contributed by atoms with Crippen molar-refractivity contribution in [3.05, 3.63) is 35.0 Å². The van der Waals surface area contributed by atoms with Crippen LogP contribution in [0, 0.1) is 6.92 Å². The molecular formula is C26H35F3N4O2. The fraction of sp³-hybridized carbons (Fsp3) is 0.615. The van der Waals surface area contributed by atoms with Gasteiger partial charge in [0.05, 0.1) is 17.8 Å². The summed E-state index contributed by atoms with van der Waals surface area (Å²) in [6.07, 6.45) is -0.944. The molecule has 4 rings (SSSR count). The highest BCUT2D eigenvalue weighted by Gasteiger charge is 2.34. The van der Waals surface area contributed by atoms with Gasteiger partial charge >= 0.3 is 6.18 Å². The van der Waals surface area contributed by atoms with Crippen LogP contribution in [-0.2, 0) is 10.2 Å². The van der Waals surface area contributed by atoms with Gasteiger partial charge in [-0.25, -0.2) is 4.98 Å². The predicted octanol–water partition coefficient (Wildman–Crippen LogP) is 4.89. The van der Waals surface area contributed by atoms with E-state index in [1.165, 1.54) is 0 Å². The van der Waals surface area contributed by atoms with Crippen LogP contribution in [0.3, 0.4) is 0 Å². The average molecular weight is 493 g/mol. The van der Waals surface area contributed by atoms with E-state index < -0.39 is 18.9 Å². The summed E-state index contributed by atoms with van der Waals surface area (Å²) in [5.74, 6) is 0.0375. The first kappa shape index (κ1) is 25.7. The molecule has 0 spiro atoms. The van der Waals surface area contributed by atoms with Crippen LogP contribution in [0.2, 0.25) is 0 Å². The minimum absolute atomic E-state index is 0.0375. The van der Waals surface area contributed by atoms with Crippen molar-refractivity contribution in [3.63, 3.8) is 0 Å². The van der Waals surface area contributed by atoms with Crippen LogP contribution >= 0.6 is 0 Å². The second-order valence-electron chi connectivity index (χ2n) is 10.9. The topological polar surface area (TPSA) is 68.7 Å². The maximum atomic E-state index is 12.8. The Morgan fingerprint density at radius 3 is 2.43 bits per heavy atom. The first-order valence-corrected chi connectivity index (χ1v) is 12.3. The highest BCUT2D eigenvalue weighted by molar-refractivity contribution is 5.89. The summed E-state index contributed by atoms with van der Waals surface area (Å²) in [6, 6.07) is 5.47. The minimum atomic E-state index is -4.32. The number of aliphatic hydroxyl groups is 1. The zero-order valence-electron chi connectivity index (χ0n) is 20.9. The van der Waals surface area contributed by atoms with Crippen molar-refractivity contribution in [2.75, 3.05) is 31.5 Å². The largest absolute Gasteiger partial charge is 0.405 e. The number of halogens is 3. The summed E-state index contributed by atoms with van der Waals surface area (Å²) in [6.45, 7) is 7.99. The Balaban J connectivity index is 1.63. The van der Waals surface area contributed by atoms with E-state index in [9.17, 15) is 23.1 Å². The van der Waals surface area contributed by atoms with Gasteiger partial charge in [-0.05, 0) is 54.5 Å². The number of piperazine rings is 1. The number of hydrogen-bond acceptors (Lipinski definition) is 5. The van der Waals surface area contributed by atoms with Gasteiger partial charge in [0.15, 0.2) is 6.23 Å². The molecule has 1 atom stereocenters. The average Bonchev–Trinajstić information content (AvgIpc) is 3.30. The van der Waals surface area contributed by atoms with Gasteiger partial charge in [0, 0.05) is 30.2 Å². The number of alkyl halides is 3. The first-order chi connectivity index (χ1) is 16.3. The molecule has 35 heavy (non-hydrogen) atoms. The van der Waals surface area contributed by atoms with Gasteiger partial charge in [-0.2, -0.15) is 13.2 Å². The van der Waals surface area contributed by atoms with Crippen molar-refractivity contribution in [1.29, 1.82) is 0 Å². The number of benzene rings is 1. The van der Waals surface area contributed by atoms with E-state index in [-0.39, 0.29) is 17.9 Å². The van der Waals surface area contributed by atoms with Crippen LogP contribution in [0.15, 0.2) is 18.2 Å². The van der Waals surface area contributed by atoms with E-state index in [0.717, 1.165) is 42.2 Å². The molecule has 192 valence electrons. The van der Waals surface area contributed by atoms with Crippen LogP contribution in [0.4, 0.5) is 18.9 Å². The van der Waals surface area contributed by atoms with Crippen molar-refractivity contribution in [1.82, 2.24) is 14.8 Å². The van der Waals surface area contributed by atoms with Crippen LogP contribution in [0.25, 0.3) is 10.9 Å². The van der Waals surface area contributed by atoms with Gasteiger partial charge in [0.2, 0.25) is 5.91 Å². The lowest BCUT2D eigenvalue weighted by Gasteiger charge is -2.39. The predicted molar refractivity (Wildman–Crippen MR) is 130 cm³/mol. The number of amides is 1. The third-order valence-corrected chi connectivity index (χ3v) is 7.10. The summed E-state index contributed by atoms with van der Waals surface area (Å²) >= 11 is 0. The summed E-state index contributed by atoms with van der Waals surface area (Å²) in [5, 5.41) is 14.4. The van der Waals surface area contributed by atoms with Crippen molar-refractivity contribution >= 4 is 22.5 Å². The number of nitrogens with one attached hydrogen (secondary N) is 1. The van der Waals surface area contributed by atoms with Gasteiger partial charge in [-0.3, -0.25) is 9.69 Å². The molecule has 2 N–H and O–H groups in total. The van der Waals surface area contributed by atoms with Crippen molar-refractivity contribution in [3.8, 4) is 0 Å². The smallest absolute Gasteiger partial charge is 0.376 e. The van der Waals surface area contributed by atoms with Crippen molar-refractivity contribution in [2.45, 2.75) is 77.2 Å². The fourth-order valence-corrected chi connectivity index (χ4v) is 5.23. The number of nitrogens with zero attached hydrogens (tertiary/aromatic N) is 3. The normalized spacial score (nSPS) is 19.5. The number of carbonyl (C=O) groups excluding carboxylic acids is 1. The Morgan fingerprint density at radius 1 is 1.14 bits per heavy atom. The number of hydrogen-bond donors (Lipinski definition) is 2. The lowest BCUT2D eigenvalue weighted by molar-refractivity contribution is -0.144. The third-order valence-electron chi connectivity index (χ3n) is 7.10. The number of aromatic nitrogens is 1. The summed E-state index contributed by atoms with van der Waals surface area (Å²) in [5.41, 5.74) is 2.69. The first-order valence-electron chi connectivity index (χ1n) is 12.3. The maximum Gasteiger partial charge on any atom is 0.405 e. The molecule has 9 heteroatoms. The molecule has 1 aliphatic carbocycles. The molecule has 1 aromatic heterocycles. The quantitative estimate of drug-likeness (QED) is 0.622. The van der Waals surface area contributed by atoms with Crippen LogP contribution in [0.5, 0.6) is 0 Å². The van der Waals surface area contributed by atoms with Crippen LogP contribution < -0.4 is 5.32 Å². The lowest BCUT2D eigenvalue weighted by Crippen LogP contribution is -2.54. The van der Waals surface area contributed by atoms with Crippen LogP contribution in [0.1, 0.15) is 69.5 Å². The van der Waals surface area contributed by atoms with E-state index in [1.807, 2.05) is 32.6 Å². The van der Waals surface area contributed by atoms with E-state index in [4.69, 9.17) is 4.98 Å². The number of pyridine rings is 1. The maximum absolute atomic E-state index is 12.8. The number of aryl methyl sites for hydroxylation is 1. The van der Waals surface area contributed by atoms with E-state index in [2.05, 4.69) is 5.32 Å². The Kier molecular flexibility index (Phi) is 7.03. The van der Waals surface area contributed by atoms with Gasteiger partial charge in [-0.15, -0.1) is 0 Å². The zero-order chi connectivity index (χ0) is 25.5. The molecule has 2 heterocycles. The molecular weight excluding hydrogens is 457 g/mol. The molecule has 6 nitrogen and oxygen atoms in total. The standard InChI is InChI=1S/C26H35F3N4O2/c1-16-11-21(24(35)32-9-10-33(22(34)14-32)18-7-5-6-8-18)31-23-19(16)12-17(30-15-26(27,28)29)13-20(23)25(2,3)4/h11-13,18,24,30,35H,5-10,14-15H2,1-4H3.